The van der Waals surface area contributed by atoms with Crippen molar-refractivity contribution in [1.29, 1.82) is 0 Å². The zero-order valence-electron chi connectivity index (χ0n) is 47.5. The predicted octanol–water partition coefficient (Wildman–Crippen LogP) is 16.8. The van der Waals surface area contributed by atoms with Crippen molar-refractivity contribution in [2.45, 2.75) is 207 Å². The van der Waals surface area contributed by atoms with Crippen LogP contribution < -0.4 is 31.1 Å². The van der Waals surface area contributed by atoms with Crippen LogP contribution in [0.2, 0.25) is 0 Å². The van der Waals surface area contributed by atoms with Crippen LogP contribution in [0.1, 0.15) is 191 Å². The SMILES string of the molecule is Cc1cc(C)c2c3c1B1c4c(cc(N5c6ccc(C(C)(C)C)cc6C6(C)CCCCC56C)cc4N3C3(C)CCCCC23C)N(c2c(C)cc(C(C)(C)C)cc2C)c2ccc3c(oc4ccc(C(C)(C)C)cc43)c21. The first-order chi connectivity index (χ1) is 34.2. The van der Waals surface area contributed by atoms with Crippen LogP contribution in [0.3, 0.4) is 0 Å². The summed E-state index contributed by atoms with van der Waals surface area (Å²) in [6.07, 6.45) is 9.71. The number of benzene rings is 6. The number of hydrogen-bond donors (Lipinski definition) is 0. The van der Waals surface area contributed by atoms with Crippen LogP contribution in [0.4, 0.5) is 39.8 Å². The van der Waals surface area contributed by atoms with E-state index in [4.69, 9.17) is 4.42 Å². The summed E-state index contributed by atoms with van der Waals surface area (Å²) in [4.78, 5) is 8.58. The summed E-state index contributed by atoms with van der Waals surface area (Å²) in [5, 5.41) is 2.42. The van der Waals surface area contributed by atoms with Gasteiger partial charge in [-0.1, -0.05) is 144 Å². The molecule has 0 bridgehead atoms. The van der Waals surface area contributed by atoms with Crippen LogP contribution in [0.25, 0.3) is 21.9 Å². The molecule has 5 heterocycles. The Kier molecular flexibility index (Phi) is 9.53. The molecule has 73 heavy (non-hydrogen) atoms. The quantitative estimate of drug-likeness (QED) is 0.161. The van der Waals surface area contributed by atoms with Gasteiger partial charge in [-0.2, -0.15) is 0 Å². The van der Waals surface area contributed by atoms with Crippen molar-refractivity contribution in [3.63, 3.8) is 0 Å². The standard InChI is InChI=1S/C68H80BN3O/c1-39-32-40(2)56-60-55(39)66(15)29-19-21-31-68(66,17)72(60)53-38-46(71-50-25-22-44(63(8,9)10)36-49(50)65(14)28-18-20-30-67(65,71)16)37-52-57(53)69(56)58-51(70(52)59-41(3)33-45(34-42(59)4)64(11,12)13)26-24-47-48-35-43(62(5,6)7)23-27-54(48)73-61(47)58/h22-27,32-38H,18-21,28-31H2,1-17H3. The van der Waals surface area contributed by atoms with Gasteiger partial charge in [-0.25, -0.2) is 0 Å². The monoisotopic (exact) mass is 966 g/mol. The van der Waals surface area contributed by atoms with Crippen LogP contribution in [0.5, 0.6) is 0 Å². The molecule has 13 rings (SSSR count). The molecule has 4 unspecified atom stereocenters. The van der Waals surface area contributed by atoms with E-state index in [-0.39, 0.29) is 44.9 Å². The van der Waals surface area contributed by atoms with Crippen molar-refractivity contribution in [2.24, 2.45) is 0 Å². The minimum atomic E-state index is -0.119. The van der Waals surface area contributed by atoms with E-state index in [9.17, 15) is 0 Å². The Hall–Kier alpha value is -5.42. The van der Waals surface area contributed by atoms with E-state index < -0.39 is 0 Å². The molecule has 376 valence electrons. The normalized spacial score (nSPS) is 25.0. The maximum Gasteiger partial charge on any atom is 0.257 e. The second-order valence-corrected chi connectivity index (χ2v) is 28.2. The smallest absolute Gasteiger partial charge is 0.257 e. The molecule has 7 aromatic rings. The Morgan fingerprint density at radius 2 is 1.04 bits per heavy atom. The van der Waals surface area contributed by atoms with Gasteiger partial charge >= 0.3 is 0 Å². The summed E-state index contributed by atoms with van der Waals surface area (Å²) in [5.74, 6) is 0. The number of fused-ring (bicyclic) bond motifs is 14. The number of aryl methyl sites for hydroxylation is 4. The van der Waals surface area contributed by atoms with E-state index in [0.29, 0.717) is 0 Å². The van der Waals surface area contributed by atoms with Gasteiger partial charge in [0, 0.05) is 55.7 Å². The first-order valence-electron chi connectivity index (χ1n) is 28.2. The molecule has 0 amide bonds. The highest BCUT2D eigenvalue weighted by Gasteiger charge is 2.63. The lowest BCUT2D eigenvalue weighted by Crippen LogP contribution is -2.65. The maximum atomic E-state index is 7.44. The van der Waals surface area contributed by atoms with E-state index in [1.807, 2.05) is 0 Å². The zero-order chi connectivity index (χ0) is 51.6. The first kappa shape index (κ1) is 47.3. The third-order valence-corrected chi connectivity index (χ3v) is 20.8. The van der Waals surface area contributed by atoms with Crippen molar-refractivity contribution in [3.8, 4) is 0 Å². The van der Waals surface area contributed by atoms with Crippen LogP contribution in [-0.4, -0.2) is 17.8 Å². The molecule has 6 aromatic carbocycles. The van der Waals surface area contributed by atoms with Gasteiger partial charge in [0.15, 0.2) is 0 Å². The van der Waals surface area contributed by atoms with Gasteiger partial charge in [-0.05, 0) is 187 Å². The van der Waals surface area contributed by atoms with Crippen molar-refractivity contribution < 1.29 is 4.42 Å². The number of nitrogens with zero attached hydrogens (tertiary/aromatic N) is 3. The second-order valence-electron chi connectivity index (χ2n) is 28.2. The summed E-state index contributed by atoms with van der Waals surface area (Å²) < 4.78 is 7.44. The predicted molar refractivity (Wildman–Crippen MR) is 314 cm³/mol. The first-order valence-corrected chi connectivity index (χ1v) is 28.2. The van der Waals surface area contributed by atoms with Gasteiger partial charge in [0.1, 0.15) is 11.2 Å². The molecule has 4 nitrogen and oxygen atoms in total. The van der Waals surface area contributed by atoms with Gasteiger partial charge in [-0.15, -0.1) is 0 Å². The van der Waals surface area contributed by atoms with Crippen molar-refractivity contribution in [3.05, 3.63) is 129 Å². The molecule has 1 aromatic heterocycles. The van der Waals surface area contributed by atoms with E-state index >= 15 is 0 Å². The van der Waals surface area contributed by atoms with Crippen molar-refractivity contribution >= 4 is 84.9 Å². The second kappa shape index (κ2) is 14.7. The van der Waals surface area contributed by atoms with Gasteiger partial charge < -0.3 is 19.1 Å². The summed E-state index contributed by atoms with van der Waals surface area (Å²) in [6.45, 7) is 41.3. The molecule has 0 radical (unpaired) electrons. The highest BCUT2D eigenvalue weighted by Crippen LogP contribution is 2.66. The highest BCUT2D eigenvalue weighted by molar-refractivity contribution is 7.02. The summed E-state index contributed by atoms with van der Waals surface area (Å²) >= 11 is 0. The highest BCUT2D eigenvalue weighted by atomic mass is 16.3. The number of furan rings is 1. The van der Waals surface area contributed by atoms with E-state index in [1.165, 1.54) is 150 Å². The fourth-order valence-corrected chi connectivity index (χ4v) is 16.5. The lowest BCUT2D eigenvalue weighted by molar-refractivity contribution is 0.193. The largest absolute Gasteiger partial charge is 0.457 e. The van der Waals surface area contributed by atoms with E-state index in [2.05, 4.69) is 211 Å². The third-order valence-electron chi connectivity index (χ3n) is 20.8. The Bertz CT molecular complexity index is 3550. The van der Waals surface area contributed by atoms with Crippen LogP contribution in [-0.2, 0) is 27.1 Å². The third kappa shape index (κ3) is 5.98. The number of anilines is 7. The molecule has 0 saturated heterocycles. The minimum Gasteiger partial charge on any atom is -0.457 e. The molecule has 2 saturated carbocycles. The van der Waals surface area contributed by atoms with Crippen LogP contribution in [0, 0.1) is 27.7 Å². The Morgan fingerprint density at radius 1 is 0.466 bits per heavy atom. The average molecular weight is 966 g/mol. The Morgan fingerprint density at radius 3 is 1.70 bits per heavy atom. The minimum absolute atomic E-state index is 0.00489. The van der Waals surface area contributed by atoms with Crippen molar-refractivity contribution in [2.75, 3.05) is 14.7 Å². The molecular formula is C68H80BN3O. The van der Waals surface area contributed by atoms with E-state index in [1.54, 1.807) is 5.56 Å². The molecule has 5 heteroatoms. The molecule has 6 aliphatic rings. The lowest BCUT2D eigenvalue weighted by Gasteiger charge is -2.54. The molecule has 2 fully saturated rings. The van der Waals surface area contributed by atoms with Gasteiger partial charge in [0.2, 0.25) is 0 Å². The summed E-state index contributed by atoms with van der Waals surface area (Å²) in [7, 11) is 0. The van der Waals surface area contributed by atoms with Gasteiger partial charge in [-0.3, -0.25) is 0 Å². The molecule has 0 N–H and O–H groups in total. The number of rotatable bonds is 2. The van der Waals surface area contributed by atoms with Crippen LogP contribution >= 0.6 is 0 Å². The molecule has 2 aliphatic carbocycles. The number of hydrogen-bond acceptors (Lipinski definition) is 4. The van der Waals surface area contributed by atoms with E-state index in [0.717, 1.165) is 24.0 Å². The molecular weight excluding hydrogens is 886 g/mol. The molecule has 4 aliphatic heterocycles. The summed E-state index contributed by atoms with van der Waals surface area (Å²) in [6, 6.07) is 32.4. The fraction of sp³-hybridized carbons (Fsp3) is 0.471. The topological polar surface area (TPSA) is 22.9 Å². The molecule has 0 spiro atoms. The van der Waals surface area contributed by atoms with Gasteiger partial charge in [0.25, 0.3) is 6.71 Å². The molecule has 4 atom stereocenters. The maximum absolute atomic E-state index is 7.44. The average Bonchev–Trinajstić information content (AvgIpc) is 3.86. The Labute approximate surface area is 438 Å². The van der Waals surface area contributed by atoms with Gasteiger partial charge in [0.05, 0.1) is 16.8 Å². The zero-order valence-corrected chi connectivity index (χ0v) is 47.5. The van der Waals surface area contributed by atoms with Crippen molar-refractivity contribution in [1.82, 2.24) is 0 Å². The fourth-order valence-electron chi connectivity index (χ4n) is 16.5. The summed E-state index contributed by atoms with van der Waals surface area (Å²) in [5.41, 5.74) is 28.1. The Balaban J connectivity index is 1.20. The lowest BCUT2D eigenvalue weighted by atomic mass is 9.32. The van der Waals surface area contributed by atoms with Crippen LogP contribution in [0.15, 0.2) is 83.3 Å².